The molecule has 2 saturated heterocycles. The Morgan fingerprint density at radius 2 is 1.90 bits per heavy atom. The van der Waals surface area contributed by atoms with Crippen molar-refractivity contribution in [1.29, 1.82) is 0 Å². The number of likely N-dealkylation sites (tertiary alicyclic amines) is 1. The average molecular weight is 419 g/mol. The number of fused-ring (bicyclic) bond motifs is 1. The average Bonchev–Trinajstić information content (AvgIpc) is 3.37. The van der Waals surface area contributed by atoms with Gasteiger partial charge in [0.15, 0.2) is 9.84 Å². The Kier molecular flexibility index (Phi) is 5.68. The van der Waals surface area contributed by atoms with Crippen LogP contribution in [0.5, 0.6) is 0 Å². The van der Waals surface area contributed by atoms with Crippen LogP contribution in [0.1, 0.15) is 23.2 Å². The van der Waals surface area contributed by atoms with Crippen molar-refractivity contribution in [3.05, 3.63) is 36.0 Å². The highest BCUT2D eigenvalue weighted by atomic mass is 32.2. The monoisotopic (exact) mass is 418 g/mol. The molecule has 2 aliphatic rings. The molecule has 1 N–H and O–H groups in total. The third-order valence-corrected chi connectivity index (χ3v) is 7.79. The van der Waals surface area contributed by atoms with Crippen LogP contribution in [0, 0.1) is 0 Å². The Balaban J connectivity index is 1.58. The molecule has 2 aromatic rings. The summed E-state index contributed by atoms with van der Waals surface area (Å²) in [6.07, 6.45) is 4.09. The molecule has 0 bridgehead atoms. The number of nitrogens with zero attached hydrogens (tertiary/aromatic N) is 3. The van der Waals surface area contributed by atoms with Gasteiger partial charge in [-0.1, -0.05) is 18.2 Å². The van der Waals surface area contributed by atoms with Crippen LogP contribution in [0.2, 0.25) is 0 Å². The Bertz CT molecular complexity index is 993. The van der Waals surface area contributed by atoms with Gasteiger partial charge in [0.1, 0.15) is 0 Å². The van der Waals surface area contributed by atoms with Crippen LogP contribution in [-0.2, 0) is 16.4 Å². The molecule has 3 heterocycles. The minimum absolute atomic E-state index is 0.0270. The number of para-hydroxylation sites is 1. The smallest absolute Gasteiger partial charge is 0.253 e. The molecular weight excluding hydrogens is 388 g/mol. The summed E-state index contributed by atoms with van der Waals surface area (Å²) in [4.78, 5) is 17.5. The Morgan fingerprint density at radius 1 is 1.17 bits per heavy atom. The largest absolute Gasteiger partial charge is 0.347 e. The van der Waals surface area contributed by atoms with Crippen LogP contribution in [-0.4, -0.2) is 86.0 Å². The van der Waals surface area contributed by atoms with E-state index in [1.54, 1.807) is 0 Å². The molecule has 8 heteroatoms. The fourth-order valence-electron chi connectivity index (χ4n) is 4.57. The molecule has 4 rings (SSSR count). The fourth-order valence-corrected chi connectivity index (χ4v) is 6.52. The van der Waals surface area contributed by atoms with Gasteiger partial charge in [0.2, 0.25) is 0 Å². The summed E-state index contributed by atoms with van der Waals surface area (Å²) in [5.74, 6) is -0.0158. The van der Waals surface area contributed by atoms with Crippen molar-refractivity contribution in [2.45, 2.75) is 31.5 Å². The zero-order chi connectivity index (χ0) is 20.6. The minimum atomic E-state index is -3.13. The van der Waals surface area contributed by atoms with Crippen LogP contribution in [0.15, 0.2) is 30.5 Å². The zero-order valence-corrected chi connectivity index (χ0v) is 18.0. The molecular formula is C21H30N4O3S. The molecule has 0 saturated carbocycles. The molecule has 7 nitrogen and oxygen atoms in total. The number of likely N-dealkylation sites (N-methyl/N-ethyl adjacent to an activating group) is 1. The summed E-state index contributed by atoms with van der Waals surface area (Å²) in [6, 6.07) is 7.42. The van der Waals surface area contributed by atoms with Gasteiger partial charge in [-0.2, -0.15) is 0 Å². The second-order valence-corrected chi connectivity index (χ2v) is 10.7. The second kappa shape index (κ2) is 8.08. The van der Waals surface area contributed by atoms with Crippen LogP contribution in [0.25, 0.3) is 10.9 Å². The number of hydrogen-bond donors (Lipinski definition) is 1. The molecule has 1 aromatic heterocycles. The van der Waals surface area contributed by atoms with E-state index in [4.69, 9.17) is 0 Å². The highest BCUT2D eigenvalue weighted by Crippen LogP contribution is 2.25. The molecule has 2 aliphatic heterocycles. The number of carbonyl (C=O) groups excluding carboxylic acids is 1. The van der Waals surface area contributed by atoms with E-state index in [1.165, 1.54) is 0 Å². The first-order valence-electron chi connectivity index (χ1n) is 10.3. The first-order valence-corrected chi connectivity index (χ1v) is 12.1. The van der Waals surface area contributed by atoms with Gasteiger partial charge < -0.3 is 14.8 Å². The molecule has 1 aromatic carbocycles. The number of hydrogen-bond acceptors (Lipinski definition) is 5. The summed E-state index contributed by atoms with van der Waals surface area (Å²) in [6.45, 7) is 3.49. The number of nitrogens with one attached hydrogen (secondary N) is 1. The van der Waals surface area contributed by atoms with Gasteiger partial charge in [-0.15, -0.1) is 0 Å². The summed E-state index contributed by atoms with van der Waals surface area (Å²) < 4.78 is 26.7. The number of benzene rings is 1. The Hall–Kier alpha value is -1.90. The van der Waals surface area contributed by atoms with Gasteiger partial charge in [-0.05, 0) is 46.1 Å². The van der Waals surface area contributed by atoms with Crippen LogP contribution < -0.4 is 5.32 Å². The van der Waals surface area contributed by atoms with E-state index >= 15 is 0 Å². The lowest BCUT2D eigenvalue weighted by molar-refractivity contribution is 0.0920. The van der Waals surface area contributed by atoms with Crippen LogP contribution in [0.4, 0.5) is 0 Å². The number of sulfone groups is 1. The SMILES string of the molecule is CN(C)CCn1cc(C(=O)NC2CS(=O)(=O)CC2N2CCCC2)c2ccccc21. The molecule has 2 unspecified atom stereocenters. The molecule has 29 heavy (non-hydrogen) atoms. The summed E-state index contributed by atoms with van der Waals surface area (Å²) in [5, 5.41) is 3.97. The van der Waals surface area contributed by atoms with E-state index < -0.39 is 9.84 Å². The quantitative estimate of drug-likeness (QED) is 0.763. The van der Waals surface area contributed by atoms with E-state index in [1.807, 2.05) is 44.6 Å². The fraction of sp³-hybridized carbons (Fsp3) is 0.571. The molecule has 0 aliphatic carbocycles. The van der Waals surface area contributed by atoms with E-state index in [2.05, 4.69) is 19.7 Å². The lowest BCUT2D eigenvalue weighted by Crippen LogP contribution is -2.50. The zero-order valence-electron chi connectivity index (χ0n) is 17.2. The van der Waals surface area contributed by atoms with E-state index in [0.717, 1.165) is 49.9 Å². The van der Waals surface area contributed by atoms with E-state index in [0.29, 0.717) is 5.56 Å². The maximum absolute atomic E-state index is 13.2. The minimum Gasteiger partial charge on any atom is -0.347 e. The van der Waals surface area contributed by atoms with Gasteiger partial charge in [-0.25, -0.2) is 8.42 Å². The maximum atomic E-state index is 13.2. The third kappa shape index (κ3) is 4.34. The van der Waals surface area contributed by atoms with Gasteiger partial charge in [0.25, 0.3) is 5.91 Å². The lowest BCUT2D eigenvalue weighted by atomic mass is 10.1. The van der Waals surface area contributed by atoms with Crippen LogP contribution >= 0.6 is 0 Å². The van der Waals surface area contributed by atoms with E-state index in [9.17, 15) is 13.2 Å². The predicted octanol–water partition coefficient (Wildman–Crippen LogP) is 1.19. The number of amides is 1. The topological polar surface area (TPSA) is 74.6 Å². The van der Waals surface area contributed by atoms with Gasteiger partial charge in [0.05, 0.1) is 23.1 Å². The molecule has 0 radical (unpaired) electrons. The summed E-state index contributed by atoms with van der Waals surface area (Å²) in [7, 11) is 0.920. The van der Waals surface area contributed by atoms with Crippen molar-refractivity contribution in [3.8, 4) is 0 Å². The Morgan fingerprint density at radius 3 is 2.62 bits per heavy atom. The summed E-state index contributed by atoms with van der Waals surface area (Å²) in [5.41, 5.74) is 1.64. The standard InChI is InChI=1S/C21H30N4O3S/c1-23(2)11-12-25-13-17(16-7-3-4-8-19(16)25)21(26)22-18-14-29(27,28)15-20(18)24-9-5-6-10-24/h3-4,7-8,13,18,20H,5-6,9-12,14-15H2,1-2H3,(H,22,26). The molecule has 2 fully saturated rings. The van der Waals surface area contributed by atoms with Crippen molar-refractivity contribution in [3.63, 3.8) is 0 Å². The lowest BCUT2D eigenvalue weighted by Gasteiger charge is -2.28. The predicted molar refractivity (Wildman–Crippen MR) is 115 cm³/mol. The summed E-state index contributed by atoms with van der Waals surface area (Å²) >= 11 is 0. The van der Waals surface area contributed by atoms with Gasteiger partial charge in [-0.3, -0.25) is 9.69 Å². The Labute approximate surface area is 172 Å². The maximum Gasteiger partial charge on any atom is 0.253 e. The van der Waals surface area contributed by atoms with Crippen molar-refractivity contribution in [2.75, 3.05) is 45.2 Å². The van der Waals surface area contributed by atoms with Crippen molar-refractivity contribution in [2.24, 2.45) is 0 Å². The molecule has 2 atom stereocenters. The van der Waals surface area contributed by atoms with Crippen molar-refractivity contribution in [1.82, 2.24) is 19.7 Å². The first kappa shape index (κ1) is 20.4. The highest BCUT2D eigenvalue weighted by molar-refractivity contribution is 7.91. The van der Waals surface area contributed by atoms with Crippen molar-refractivity contribution < 1.29 is 13.2 Å². The first-order chi connectivity index (χ1) is 13.8. The third-order valence-electron chi connectivity index (χ3n) is 6.07. The molecule has 0 spiro atoms. The normalized spacial score (nSPS) is 24.5. The molecule has 1 amide bonds. The van der Waals surface area contributed by atoms with E-state index in [-0.39, 0.29) is 29.5 Å². The number of aromatic nitrogens is 1. The number of carbonyl (C=O) groups is 1. The van der Waals surface area contributed by atoms with Gasteiger partial charge in [0, 0.05) is 36.2 Å². The van der Waals surface area contributed by atoms with Crippen LogP contribution in [0.3, 0.4) is 0 Å². The highest BCUT2D eigenvalue weighted by Gasteiger charge is 2.42. The second-order valence-electron chi connectivity index (χ2n) is 8.52. The van der Waals surface area contributed by atoms with Crippen molar-refractivity contribution >= 4 is 26.6 Å². The van der Waals surface area contributed by atoms with Gasteiger partial charge >= 0.3 is 0 Å². The molecule has 158 valence electrons. The number of rotatable bonds is 6.